The van der Waals surface area contributed by atoms with Crippen LogP contribution in [0.1, 0.15) is 34.1 Å². The first-order chi connectivity index (χ1) is 15.7. The maximum Gasteiger partial charge on any atom is 0.242 e. The van der Waals surface area contributed by atoms with Crippen molar-refractivity contribution in [3.63, 3.8) is 0 Å². The lowest BCUT2D eigenvalue weighted by molar-refractivity contribution is -0.131. The van der Waals surface area contributed by atoms with Crippen LogP contribution in [0, 0.1) is 0 Å². The number of amides is 1. The van der Waals surface area contributed by atoms with E-state index in [-0.39, 0.29) is 11.4 Å². The van der Waals surface area contributed by atoms with Crippen molar-refractivity contribution in [3.05, 3.63) is 30.3 Å². The molecule has 178 valence electrons. The summed E-state index contributed by atoms with van der Waals surface area (Å²) in [5, 5.41) is 9.20. The Morgan fingerprint density at radius 3 is 2.48 bits per heavy atom. The molecule has 33 heavy (non-hydrogen) atoms. The summed E-state index contributed by atoms with van der Waals surface area (Å²) >= 11 is 1.50. The second-order valence-electron chi connectivity index (χ2n) is 9.71. The van der Waals surface area contributed by atoms with Crippen LogP contribution in [-0.2, 0) is 4.79 Å². The van der Waals surface area contributed by atoms with Gasteiger partial charge in [-0.2, -0.15) is 4.52 Å². The van der Waals surface area contributed by atoms with Gasteiger partial charge in [-0.25, -0.2) is 4.98 Å². The number of carbonyl (C=O) groups is 1. The number of aromatic nitrogens is 3. The number of anilines is 2. The molecule has 1 saturated heterocycles. The highest BCUT2D eigenvalue weighted by atomic mass is 32.1. The average Bonchev–Trinajstić information content (AvgIpc) is 3.33. The van der Waals surface area contributed by atoms with Crippen LogP contribution in [0.15, 0.2) is 30.3 Å². The third kappa shape index (κ3) is 5.47. The Kier molecular flexibility index (Phi) is 6.90. The molecule has 2 aromatic heterocycles. The Morgan fingerprint density at radius 2 is 1.85 bits per heavy atom. The Bertz CT molecular complexity index is 1080. The Balaban J connectivity index is 1.52. The van der Waals surface area contributed by atoms with E-state index in [2.05, 4.69) is 50.0 Å². The number of fused-ring (bicyclic) bond motifs is 1. The number of nitrogens with zero attached hydrogens (tertiary/aromatic N) is 6. The van der Waals surface area contributed by atoms with Gasteiger partial charge in [0, 0.05) is 44.3 Å². The van der Waals surface area contributed by atoms with Crippen LogP contribution in [0.5, 0.6) is 0 Å². The van der Waals surface area contributed by atoms with Gasteiger partial charge in [0.25, 0.3) is 0 Å². The molecule has 0 aliphatic carbocycles. The van der Waals surface area contributed by atoms with Crippen LogP contribution >= 0.6 is 11.3 Å². The van der Waals surface area contributed by atoms with Crippen LogP contribution in [0.3, 0.4) is 0 Å². The molecule has 0 spiro atoms. The molecule has 1 fully saturated rings. The van der Waals surface area contributed by atoms with Gasteiger partial charge in [-0.1, -0.05) is 48.6 Å². The normalized spacial score (nSPS) is 15.2. The molecule has 0 unspecified atom stereocenters. The molecule has 3 heterocycles. The summed E-state index contributed by atoms with van der Waals surface area (Å²) in [6.45, 7) is 13.5. The largest absolute Gasteiger partial charge is 0.364 e. The summed E-state index contributed by atoms with van der Waals surface area (Å²) in [5.74, 6) is 1.03. The van der Waals surface area contributed by atoms with Crippen molar-refractivity contribution in [2.45, 2.75) is 39.7 Å². The van der Waals surface area contributed by atoms with Gasteiger partial charge in [0.15, 0.2) is 5.82 Å². The van der Waals surface area contributed by atoms with Crippen LogP contribution in [0.4, 0.5) is 10.9 Å². The van der Waals surface area contributed by atoms with Crippen LogP contribution in [0.25, 0.3) is 16.2 Å². The van der Waals surface area contributed by atoms with Gasteiger partial charge in [0.05, 0.1) is 6.54 Å². The molecule has 3 aromatic rings. The molecule has 8 nitrogen and oxygen atoms in total. The minimum atomic E-state index is -0.148. The summed E-state index contributed by atoms with van der Waals surface area (Å²) < 4.78 is 1.87. The van der Waals surface area contributed by atoms with Crippen LogP contribution < -0.4 is 10.2 Å². The van der Waals surface area contributed by atoms with Gasteiger partial charge >= 0.3 is 0 Å². The van der Waals surface area contributed by atoms with E-state index >= 15 is 0 Å². The summed E-state index contributed by atoms with van der Waals surface area (Å²) in [6.07, 6.45) is 1.15. The van der Waals surface area contributed by atoms with E-state index in [0.717, 1.165) is 66.3 Å². The van der Waals surface area contributed by atoms with Crippen molar-refractivity contribution in [3.8, 4) is 11.3 Å². The lowest BCUT2D eigenvalue weighted by atomic mass is 10.1. The number of hydrogen-bond acceptors (Lipinski definition) is 7. The zero-order valence-corrected chi connectivity index (χ0v) is 21.2. The fourth-order valence-corrected chi connectivity index (χ4v) is 4.93. The SMILES string of the molecule is CCCN1CCN(C(=O)CN(C)c2nn3c(NC(C)(C)C)c(-c4ccccc4)nc3s2)CC1. The highest BCUT2D eigenvalue weighted by Crippen LogP contribution is 2.34. The Hall–Kier alpha value is -2.65. The van der Waals surface area contributed by atoms with Gasteiger partial charge in [0.2, 0.25) is 16.0 Å². The van der Waals surface area contributed by atoms with E-state index in [9.17, 15) is 4.79 Å². The van der Waals surface area contributed by atoms with Crippen molar-refractivity contribution < 1.29 is 4.79 Å². The van der Waals surface area contributed by atoms with E-state index < -0.39 is 0 Å². The predicted molar refractivity (Wildman–Crippen MR) is 136 cm³/mol. The van der Waals surface area contributed by atoms with Crippen LogP contribution in [0.2, 0.25) is 0 Å². The maximum absolute atomic E-state index is 12.9. The van der Waals surface area contributed by atoms with Gasteiger partial charge in [-0.3, -0.25) is 9.69 Å². The van der Waals surface area contributed by atoms with Crippen molar-refractivity contribution >= 4 is 33.2 Å². The van der Waals surface area contributed by atoms with E-state index in [4.69, 9.17) is 10.1 Å². The third-order valence-corrected chi connectivity index (χ3v) is 6.72. The number of rotatable bonds is 7. The molecular formula is C24H35N7OS. The van der Waals surface area contributed by atoms with E-state index in [1.165, 1.54) is 11.3 Å². The number of carbonyl (C=O) groups excluding carboxylic acids is 1. The second-order valence-corrected chi connectivity index (χ2v) is 10.6. The predicted octanol–water partition coefficient (Wildman–Crippen LogP) is 3.66. The van der Waals surface area contributed by atoms with Crippen molar-refractivity contribution in [2.24, 2.45) is 0 Å². The van der Waals surface area contributed by atoms with Gasteiger partial charge in [-0.15, -0.1) is 5.10 Å². The number of likely N-dealkylation sites (N-methyl/N-ethyl adjacent to an activating group) is 1. The fourth-order valence-electron chi connectivity index (χ4n) is 4.06. The zero-order chi connectivity index (χ0) is 23.6. The monoisotopic (exact) mass is 469 g/mol. The molecule has 0 saturated carbocycles. The molecule has 1 aromatic carbocycles. The number of imidazole rings is 1. The molecule has 9 heteroatoms. The number of nitrogens with one attached hydrogen (secondary N) is 1. The quantitative estimate of drug-likeness (QED) is 0.570. The Labute approximate surface area is 200 Å². The maximum atomic E-state index is 12.9. The van der Waals surface area contributed by atoms with E-state index in [1.54, 1.807) is 0 Å². The smallest absolute Gasteiger partial charge is 0.242 e. The number of hydrogen-bond donors (Lipinski definition) is 1. The first-order valence-corrected chi connectivity index (χ1v) is 12.5. The van der Waals surface area contributed by atoms with Crippen LogP contribution in [-0.4, -0.2) is 82.2 Å². The highest BCUT2D eigenvalue weighted by Gasteiger charge is 2.25. The standard InChI is InChI=1S/C24H35N7OS/c1-6-12-29-13-15-30(16-14-29)19(32)17-28(5)23-27-31-21(26-24(2,3)4)20(25-22(31)33-23)18-10-8-7-9-11-18/h7-11,26H,6,12-17H2,1-5H3. The van der Waals surface area contributed by atoms with E-state index in [1.807, 2.05) is 39.6 Å². The molecule has 0 atom stereocenters. The topological polar surface area (TPSA) is 69.0 Å². The summed E-state index contributed by atoms with van der Waals surface area (Å²) in [5.41, 5.74) is 1.79. The highest BCUT2D eigenvalue weighted by molar-refractivity contribution is 7.20. The number of benzene rings is 1. The molecule has 4 rings (SSSR count). The third-order valence-electron chi connectivity index (χ3n) is 5.70. The lowest BCUT2D eigenvalue weighted by Gasteiger charge is -2.35. The summed E-state index contributed by atoms with van der Waals surface area (Å²) in [6, 6.07) is 10.2. The van der Waals surface area contributed by atoms with Gasteiger partial charge < -0.3 is 15.1 Å². The first-order valence-electron chi connectivity index (χ1n) is 11.7. The molecule has 1 aliphatic heterocycles. The first kappa shape index (κ1) is 23.5. The summed E-state index contributed by atoms with van der Waals surface area (Å²) in [7, 11) is 1.93. The summed E-state index contributed by atoms with van der Waals surface area (Å²) in [4.78, 5) is 24.9. The molecule has 1 aliphatic rings. The van der Waals surface area contributed by atoms with Crippen molar-refractivity contribution in [2.75, 3.05) is 56.5 Å². The minimum absolute atomic E-state index is 0.148. The second kappa shape index (κ2) is 9.69. The van der Waals surface area contributed by atoms with Gasteiger partial charge in [-0.05, 0) is 33.7 Å². The Morgan fingerprint density at radius 1 is 1.15 bits per heavy atom. The average molecular weight is 470 g/mol. The lowest BCUT2D eigenvalue weighted by Crippen LogP contribution is -2.51. The molecule has 1 N–H and O–H groups in total. The molecule has 0 radical (unpaired) electrons. The van der Waals surface area contributed by atoms with Crippen molar-refractivity contribution in [1.29, 1.82) is 0 Å². The number of piperazine rings is 1. The van der Waals surface area contributed by atoms with Crippen molar-refractivity contribution in [1.82, 2.24) is 24.4 Å². The molecule has 1 amide bonds. The molecular weight excluding hydrogens is 434 g/mol. The minimum Gasteiger partial charge on any atom is -0.364 e. The zero-order valence-electron chi connectivity index (χ0n) is 20.3. The molecule has 0 bridgehead atoms. The fraction of sp³-hybridized carbons (Fsp3) is 0.542. The van der Waals surface area contributed by atoms with E-state index in [0.29, 0.717) is 6.54 Å². The van der Waals surface area contributed by atoms with Gasteiger partial charge in [0.1, 0.15) is 5.69 Å².